The molecule has 1 rings (SSSR count). The molecule has 0 saturated heterocycles. The van der Waals surface area contributed by atoms with Gasteiger partial charge in [-0.25, -0.2) is 4.79 Å². The molecule has 3 N–H and O–H groups in total. The molecule has 0 unspecified atom stereocenters. The zero-order chi connectivity index (χ0) is 11.4. The number of carboxylic acid groups (broad SMARTS) is 1. The second kappa shape index (κ2) is 4.41. The minimum absolute atomic E-state index is 0.187. The van der Waals surface area contributed by atoms with E-state index in [0.717, 1.165) is 5.56 Å². The predicted octanol–water partition coefficient (Wildman–Crippen LogP) is 1.33. The highest BCUT2D eigenvalue weighted by Crippen LogP contribution is 2.10. The molecule has 0 atom stereocenters. The van der Waals surface area contributed by atoms with Gasteiger partial charge in [-0.3, -0.25) is 4.79 Å². The van der Waals surface area contributed by atoms with Crippen molar-refractivity contribution in [3.05, 3.63) is 35.4 Å². The molecule has 0 spiro atoms. The Bertz CT molecular complexity index is 418. The minimum atomic E-state index is -1.45. The van der Waals surface area contributed by atoms with Gasteiger partial charge in [-0.05, 0) is 30.7 Å². The van der Waals surface area contributed by atoms with E-state index in [2.05, 4.69) is 0 Å². The van der Waals surface area contributed by atoms with Crippen LogP contribution in [0.3, 0.4) is 0 Å². The summed E-state index contributed by atoms with van der Waals surface area (Å²) in [6, 6.07) is 6.80. The summed E-state index contributed by atoms with van der Waals surface area (Å²) in [6.45, 7) is 1.47. The van der Waals surface area contributed by atoms with Gasteiger partial charge in [-0.2, -0.15) is 0 Å². The quantitative estimate of drug-likeness (QED) is 0.443. The van der Waals surface area contributed by atoms with Gasteiger partial charge in [0.25, 0.3) is 5.78 Å². The summed E-state index contributed by atoms with van der Waals surface area (Å²) in [5.41, 5.74) is 7.04. The Hall–Kier alpha value is -2.10. The highest BCUT2D eigenvalue weighted by atomic mass is 16.4. The molecule has 0 aromatic heterocycles. The van der Waals surface area contributed by atoms with Crippen LogP contribution in [-0.4, -0.2) is 16.9 Å². The summed E-state index contributed by atoms with van der Waals surface area (Å²) in [4.78, 5) is 21.4. The van der Waals surface area contributed by atoms with E-state index in [1.807, 2.05) is 0 Å². The van der Waals surface area contributed by atoms with Crippen molar-refractivity contribution < 1.29 is 14.7 Å². The lowest BCUT2D eigenvalue weighted by molar-refractivity contribution is -0.147. The fourth-order valence-corrected chi connectivity index (χ4v) is 1.08. The van der Waals surface area contributed by atoms with E-state index < -0.39 is 11.8 Å². The molecule has 78 valence electrons. The van der Waals surface area contributed by atoms with Crippen molar-refractivity contribution >= 4 is 23.5 Å². The second-order valence-corrected chi connectivity index (χ2v) is 3.13. The molecular formula is C11H11NO3. The number of rotatable bonds is 3. The third-order valence-corrected chi connectivity index (χ3v) is 1.87. The largest absolute Gasteiger partial charge is 0.475 e. The fraction of sp³-hybridized carbons (Fsp3) is 0.0909. The van der Waals surface area contributed by atoms with Crippen molar-refractivity contribution in [1.29, 1.82) is 0 Å². The summed E-state index contributed by atoms with van der Waals surface area (Å²) in [5.74, 6) is -2.34. The Balaban J connectivity index is 2.92. The fourth-order valence-electron chi connectivity index (χ4n) is 1.08. The Morgan fingerprint density at radius 1 is 1.27 bits per heavy atom. The van der Waals surface area contributed by atoms with Gasteiger partial charge in [0.2, 0.25) is 0 Å². The Kier molecular flexibility index (Phi) is 3.23. The SMILES string of the molecule is C/C(=C\c1ccc(N)cc1)C(=O)C(=O)O. The first kappa shape index (κ1) is 11.0. The maximum absolute atomic E-state index is 11.0. The normalized spacial score (nSPS) is 11.1. The molecule has 0 radical (unpaired) electrons. The van der Waals surface area contributed by atoms with Gasteiger partial charge in [0.05, 0.1) is 0 Å². The number of carbonyl (C=O) groups excluding carboxylic acids is 1. The zero-order valence-electron chi connectivity index (χ0n) is 8.23. The number of Topliss-reactive ketones (excluding diaryl/α,β-unsaturated/α-hetero) is 1. The average molecular weight is 205 g/mol. The molecule has 1 aromatic carbocycles. The van der Waals surface area contributed by atoms with Crippen LogP contribution < -0.4 is 5.73 Å². The van der Waals surface area contributed by atoms with E-state index in [9.17, 15) is 9.59 Å². The third-order valence-electron chi connectivity index (χ3n) is 1.87. The number of aliphatic carboxylic acids is 1. The van der Waals surface area contributed by atoms with Crippen molar-refractivity contribution in [3.8, 4) is 0 Å². The molecule has 0 saturated carbocycles. The van der Waals surface area contributed by atoms with Gasteiger partial charge < -0.3 is 10.8 Å². The van der Waals surface area contributed by atoms with Crippen molar-refractivity contribution in [3.63, 3.8) is 0 Å². The Labute approximate surface area is 87.0 Å². The molecular weight excluding hydrogens is 194 g/mol. The number of nitrogens with two attached hydrogens (primary N) is 1. The maximum atomic E-state index is 11.0. The summed E-state index contributed by atoms with van der Waals surface area (Å²) in [7, 11) is 0. The molecule has 0 fully saturated rings. The molecule has 0 amide bonds. The van der Waals surface area contributed by atoms with E-state index in [1.54, 1.807) is 24.3 Å². The number of carbonyl (C=O) groups is 2. The molecule has 0 heterocycles. The molecule has 0 aliphatic carbocycles. The van der Waals surface area contributed by atoms with Crippen LogP contribution in [-0.2, 0) is 9.59 Å². The lowest BCUT2D eigenvalue weighted by Gasteiger charge is -1.97. The molecule has 4 heteroatoms. The molecule has 0 bridgehead atoms. The van der Waals surface area contributed by atoms with Crippen molar-refractivity contribution in [1.82, 2.24) is 0 Å². The van der Waals surface area contributed by atoms with E-state index >= 15 is 0 Å². The minimum Gasteiger partial charge on any atom is -0.475 e. The number of anilines is 1. The van der Waals surface area contributed by atoms with Gasteiger partial charge in [-0.15, -0.1) is 0 Å². The van der Waals surface area contributed by atoms with Crippen LogP contribution in [0, 0.1) is 0 Å². The molecule has 15 heavy (non-hydrogen) atoms. The highest BCUT2D eigenvalue weighted by molar-refractivity contribution is 6.40. The van der Waals surface area contributed by atoms with E-state index in [1.165, 1.54) is 13.0 Å². The molecule has 4 nitrogen and oxygen atoms in total. The first-order valence-corrected chi connectivity index (χ1v) is 4.32. The van der Waals surface area contributed by atoms with Crippen molar-refractivity contribution in [2.24, 2.45) is 0 Å². The summed E-state index contributed by atoms with van der Waals surface area (Å²) in [5, 5.41) is 8.46. The van der Waals surface area contributed by atoms with Crippen LogP contribution in [0.4, 0.5) is 5.69 Å². The predicted molar refractivity (Wildman–Crippen MR) is 57.1 cm³/mol. The lowest BCUT2D eigenvalue weighted by atomic mass is 10.1. The van der Waals surface area contributed by atoms with Crippen molar-refractivity contribution in [2.75, 3.05) is 5.73 Å². The second-order valence-electron chi connectivity index (χ2n) is 3.13. The van der Waals surface area contributed by atoms with Crippen LogP contribution in [0.25, 0.3) is 6.08 Å². The Morgan fingerprint density at radius 2 is 1.80 bits per heavy atom. The molecule has 0 aliphatic rings. The van der Waals surface area contributed by atoms with Gasteiger partial charge >= 0.3 is 5.97 Å². The summed E-state index contributed by atoms with van der Waals surface area (Å²) >= 11 is 0. The number of ketones is 1. The van der Waals surface area contributed by atoms with Crippen LogP contribution in [0.15, 0.2) is 29.8 Å². The summed E-state index contributed by atoms with van der Waals surface area (Å²) in [6.07, 6.45) is 1.51. The van der Waals surface area contributed by atoms with Gasteiger partial charge in [0.1, 0.15) is 0 Å². The first-order chi connectivity index (χ1) is 7.00. The van der Waals surface area contributed by atoms with Crippen molar-refractivity contribution in [2.45, 2.75) is 6.92 Å². The number of nitrogen functional groups attached to an aromatic ring is 1. The Morgan fingerprint density at radius 3 is 2.27 bits per heavy atom. The topological polar surface area (TPSA) is 80.4 Å². The smallest absolute Gasteiger partial charge is 0.376 e. The maximum Gasteiger partial charge on any atom is 0.376 e. The highest BCUT2D eigenvalue weighted by Gasteiger charge is 2.12. The monoisotopic (exact) mass is 205 g/mol. The number of hydrogen-bond donors (Lipinski definition) is 2. The van der Waals surface area contributed by atoms with E-state index in [0.29, 0.717) is 5.69 Å². The number of benzene rings is 1. The molecule has 0 aliphatic heterocycles. The van der Waals surface area contributed by atoms with Crippen LogP contribution in [0.1, 0.15) is 12.5 Å². The lowest BCUT2D eigenvalue weighted by Crippen LogP contribution is -2.13. The average Bonchev–Trinajstić information content (AvgIpc) is 2.20. The van der Waals surface area contributed by atoms with Crippen LogP contribution in [0.2, 0.25) is 0 Å². The molecule has 1 aromatic rings. The standard InChI is InChI=1S/C11H11NO3/c1-7(10(13)11(14)15)6-8-2-4-9(12)5-3-8/h2-6H,12H2,1H3,(H,14,15)/b7-6+. The third kappa shape index (κ3) is 2.95. The first-order valence-electron chi connectivity index (χ1n) is 4.32. The van der Waals surface area contributed by atoms with Gasteiger partial charge in [0, 0.05) is 11.3 Å². The van der Waals surface area contributed by atoms with E-state index in [4.69, 9.17) is 10.8 Å². The zero-order valence-corrected chi connectivity index (χ0v) is 8.23. The number of hydrogen-bond acceptors (Lipinski definition) is 3. The van der Waals surface area contributed by atoms with E-state index in [-0.39, 0.29) is 5.57 Å². The van der Waals surface area contributed by atoms with Crippen LogP contribution >= 0.6 is 0 Å². The van der Waals surface area contributed by atoms with Gasteiger partial charge in [-0.1, -0.05) is 12.1 Å². The number of carboxylic acids is 1. The summed E-state index contributed by atoms with van der Waals surface area (Å²) < 4.78 is 0. The van der Waals surface area contributed by atoms with Gasteiger partial charge in [0.15, 0.2) is 0 Å². The van der Waals surface area contributed by atoms with Crippen LogP contribution in [0.5, 0.6) is 0 Å².